The van der Waals surface area contributed by atoms with Crippen LogP contribution in [0.2, 0.25) is 0 Å². The molecule has 2 fully saturated rings. The van der Waals surface area contributed by atoms with Crippen molar-refractivity contribution < 1.29 is 4.42 Å². The van der Waals surface area contributed by atoms with E-state index in [0.29, 0.717) is 5.92 Å². The van der Waals surface area contributed by atoms with Gasteiger partial charge in [-0.15, -0.1) is 0 Å². The Balaban J connectivity index is 1.58. The van der Waals surface area contributed by atoms with Crippen LogP contribution in [0.15, 0.2) is 28.7 Å². The monoisotopic (exact) mass is 269 g/mol. The maximum Gasteiger partial charge on any atom is 0.137 e. The molecule has 0 bridgehead atoms. The van der Waals surface area contributed by atoms with Crippen molar-refractivity contribution in [3.05, 3.63) is 35.6 Å². The lowest BCUT2D eigenvalue weighted by molar-refractivity contribution is 0.389. The number of furan rings is 1. The molecule has 0 spiro atoms. The summed E-state index contributed by atoms with van der Waals surface area (Å²) in [6.45, 7) is 3.31. The standard InChI is InChI=1S/C18H23NO/c1-12-4-2-5-13-10-17(20-18(12)13)16-7-3-6-14(16)11-19-15-8-9-15/h2,4-5,10,14-16,19H,3,6-9,11H2,1H3. The first-order chi connectivity index (χ1) is 9.81. The number of nitrogens with one attached hydrogen (secondary N) is 1. The summed E-state index contributed by atoms with van der Waals surface area (Å²) < 4.78 is 6.21. The van der Waals surface area contributed by atoms with Gasteiger partial charge in [0.1, 0.15) is 11.3 Å². The third-order valence-corrected chi connectivity index (χ3v) is 5.03. The Hall–Kier alpha value is -1.28. The van der Waals surface area contributed by atoms with Gasteiger partial charge in [0, 0.05) is 17.3 Å². The normalized spacial score (nSPS) is 26.4. The number of aryl methyl sites for hydroxylation is 1. The molecule has 0 radical (unpaired) electrons. The van der Waals surface area contributed by atoms with Crippen molar-refractivity contribution >= 4 is 11.0 Å². The lowest BCUT2D eigenvalue weighted by Crippen LogP contribution is -2.26. The van der Waals surface area contributed by atoms with Crippen molar-refractivity contribution in [2.75, 3.05) is 6.54 Å². The van der Waals surface area contributed by atoms with Crippen LogP contribution < -0.4 is 5.32 Å². The van der Waals surface area contributed by atoms with E-state index in [1.54, 1.807) is 0 Å². The van der Waals surface area contributed by atoms with E-state index in [0.717, 1.165) is 17.5 Å². The summed E-state index contributed by atoms with van der Waals surface area (Å²) in [6.07, 6.45) is 6.73. The Morgan fingerprint density at radius 3 is 2.90 bits per heavy atom. The van der Waals surface area contributed by atoms with Crippen molar-refractivity contribution in [2.45, 2.75) is 51.0 Å². The van der Waals surface area contributed by atoms with Gasteiger partial charge >= 0.3 is 0 Å². The molecule has 2 unspecified atom stereocenters. The second-order valence-electron chi connectivity index (χ2n) is 6.62. The molecule has 0 saturated heterocycles. The first-order valence-corrected chi connectivity index (χ1v) is 8.04. The van der Waals surface area contributed by atoms with Crippen molar-refractivity contribution in [2.24, 2.45) is 5.92 Å². The predicted molar refractivity (Wildman–Crippen MR) is 82.1 cm³/mol. The average molecular weight is 269 g/mol. The summed E-state index contributed by atoms with van der Waals surface area (Å²) >= 11 is 0. The van der Waals surface area contributed by atoms with E-state index in [4.69, 9.17) is 4.42 Å². The van der Waals surface area contributed by atoms with Crippen LogP contribution in [0.4, 0.5) is 0 Å². The molecule has 0 amide bonds. The second kappa shape index (κ2) is 4.92. The zero-order valence-corrected chi connectivity index (χ0v) is 12.2. The van der Waals surface area contributed by atoms with Gasteiger partial charge in [0.25, 0.3) is 0 Å². The third-order valence-electron chi connectivity index (χ3n) is 5.03. The van der Waals surface area contributed by atoms with Crippen LogP contribution >= 0.6 is 0 Å². The molecule has 2 aliphatic carbocycles. The highest BCUT2D eigenvalue weighted by Crippen LogP contribution is 2.41. The molecule has 4 rings (SSSR count). The van der Waals surface area contributed by atoms with Crippen LogP contribution in [0.1, 0.15) is 49.3 Å². The molecule has 1 heterocycles. The van der Waals surface area contributed by atoms with Crippen LogP contribution in [0.3, 0.4) is 0 Å². The molecule has 1 N–H and O–H groups in total. The molecule has 2 saturated carbocycles. The van der Waals surface area contributed by atoms with Crippen LogP contribution in [-0.4, -0.2) is 12.6 Å². The lowest BCUT2D eigenvalue weighted by atomic mass is 9.93. The molecular formula is C18H23NO. The Morgan fingerprint density at radius 2 is 2.10 bits per heavy atom. The minimum atomic E-state index is 0.619. The quantitative estimate of drug-likeness (QED) is 0.891. The van der Waals surface area contributed by atoms with Gasteiger partial charge in [0.2, 0.25) is 0 Å². The van der Waals surface area contributed by atoms with Crippen molar-refractivity contribution in [1.29, 1.82) is 0 Å². The van der Waals surface area contributed by atoms with Crippen LogP contribution in [-0.2, 0) is 0 Å². The number of hydrogen-bond donors (Lipinski definition) is 1. The number of benzene rings is 1. The van der Waals surface area contributed by atoms with E-state index in [9.17, 15) is 0 Å². The molecule has 2 nitrogen and oxygen atoms in total. The summed E-state index contributed by atoms with van der Waals surface area (Å²) in [5, 5.41) is 4.97. The van der Waals surface area contributed by atoms with E-state index in [2.05, 4.69) is 36.5 Å². The molecule has 2 aliphatic rings. The Morgan fingerprint density at radius 1 is 1.20 bits per heavy atom. The first kappa shape index (κ1) is 12.5. The first-order valence-electron chi connectivity index (χ1n) is 8.04. The van der Waals surface area contributed by atoms with Crippen LogP contribution in [0.25, 0.3) is 11.0 Å². The highest BCUT2D eigenvalue weighted by molar-refractivity contribution is 5.81. The van der Waals surface area contributed by atoms with Gasteiger partial charge in [-0.05, 0) is 56.7 Å². The Labute approximate surface area is 120 Å². The summed E-state index contributed by atoms with van der Waals surface area (Å²) in [4.78, 5) is 0. The fourth-order valence-corrected chi connectivity index (χ4v) is 3.67. The Bertz CT molecular complexity index is 611. The minimum absolute atomic E-state index is 0.619. The van der Waals surface area contributed by atoms with E-state index in [1.807, 2.05) is 0 Å². The van der Waals surface area contributed by atoms with Crippen molar-refractivity contribution in [1.82, 2.24) is 5.32 Å². The molecule has 2 aromatic rings. The van der Waals surface area contributed by atoms with Gasteiger partial charge in [-0.2, -0.15) is 0 Å². The smallest absolute Gasteiger partial charge is 0.137 e. The molecule has 106 valence electrons. The summed E-state index contributed by atoms with van der Waals surface area (Å²) in [5.74, 6) is 2.60. The maximum atomic E-state index is 6.21. The van der Waals surface area contributed by atoms with Gasteiger partial charge in [0.05, 0.1) is 0 Å². The van der Waals surface area contributed by atoms with Crippen LogP contribution in [0, 0.1) is 12.8 Å². The minimum Gasteiger partial charge on any atom is -0.460 e. The lowest BCUT2D eigenvalue weighted by Gasteiger charge is -2.18. The summed E-state index contributed by atoms with van der Waals surface area (Å²) in [5.41, 5.74) is 2.34. The largest absolute Gasteiger partial charge is 0.460 e. The summed E-state index contributed by atoms with van der Waals surface area (Å²) in [6, 6.07) is 9.52. The molecule has 1 aromatic heterocycles. The fourth-order valence-electron chi connectivity index (χ4n) is 3.67. The third kappa shape index (κ3) is 2.26. The van der Waals surface area contributed by atoms with Gasteiger partial charge in [-0.3, -0.25) is 0 Å². The fraction of sp³-hybridized carbons (Fsp3) is 0.556. The second-order valence-corrected chi connectivity index (χ2v) is 6.62. The van der Waals surface area contributed by atoms with E-state index in [-0.39, 0.29) is 0 Å². The van der Waals surface area contributed by atoms with Crippen molar-refractivity contribution in [3.8, 4) is 0 Å². The Kier molecular flexibility index (Phi) is 3.07. The average Bonchev–Trinajstić information content (AvgIpc) is 2.99. The van der Waals surface area contributed by atoms with Gasteiger partial charge in [-0.1, -0.05) is 24.6 Å². The van der Waals surface area contributed by atoms with E-state index in [1.165, 1.54) is 55.4 Å². The zero-order chi connectivity index (χ0) is 13.5. The van der Waals surface area contributed by atoms with E-state index < -0.39 is 0 Å². The molecule has 2 heteroatoms. The highest BCUT2D eigenvalue weighted by Gasteiger charge is 2.32. The number of hydrogen-bond acceptors (Lipinski definition) is 2. The molecule has 0 aliphatic heterocycles. The number of rotatable bonds is 4. The topological polar surface area (TPSA) is 25.2 Å². The van der Waals surface area contributed by atoms with Crippen molar-refractivity contribution in [3.63, 3.8) is 0 Å². The zero-order valence-electron chi connectivity index (χ0n) is 12.2. The maximum absolute atomic E-state index is 6.21. The van der Waals surface area contributed by atoms with Gasteiger partial charge in [0.15, 0.2) is 0 Å². The highest BCUT2D eigenvalue weighted by atomic mass is 16.3. The number of fused-ring (bicyclic) bond motifs is 1. The van der Waals surface area contributed by atoms with Gasteiger partial charge < -0.3 is 9.73 Å². The predicted octanol–water partition coefficient (Wildman–Crippen LogP) is 4.38. The van der Waals surface area contributed by atoms with Gasteiger partial charge in [-0.25, -0.2) is 0 Å². The summed E-state index contributed by atoms with van der Waals surface area (Å²) in [7, 11) is 0. The van der Waals surface area contributed by atoms with Crippen LogP contribution in [0.5, 0.6) is 0 Å². The molecule has 20 heavy (non-hydrogen) atoms. The molecular weight excluding hydrogens is 246 g/mol. The van der Waals surface area contributed by atoms with E-state index >= 15 is 0 Å². The molecule has 2 atom stereocenters. The number of para-hydroxylation sites is 1. The molecule has 1 aromatic carbocycles. The SMILES string of the molecule is Cc1cccc2cc(C3CCCC3CNC3CC3)oc12.